The molecular formula is C7H9N6-. The van der Waals surface area contributed by atoms with Crippen LogP contribution in [0.4, 0.5) is 5.82 Å². The Morgan fingerprint density at radius 1 is 1.54 bits per heavy atom. The van der Waals surface area contributed by atoms with E-state index in [-0.39, 0.29) is 0 Å². The highest BCUT2D eigenvalue weighted by Gasteiger charge is 2.10. The molecule has 1 aromatic rings. The number of anilines is 1. The van der Waals surface area contributed by atoms with Crippen molar-refractivity contribution in [2.24, 2.45) is 5.84 Å². The van der Waals surface area contributed by atoms with Gasteiger partial charge < -0.3 is 5.43 Å². The van der Waals surface area contributed by atoms with E-state index in [0.29, 0.717) is 0 Å². The summed E-state index contributed by atoms with van der Waals surface area (Å²) >= 11 is 0. The molecule has 0 amide bonds. The summed E-state index contributed by atoms with van der Waals surface area (Å²) in [4.78, 5) is 7.98. The van der Waals surface area contributed by atoms with Crippen molar-refractivity contribution in [3.05, 3.63) is 35.9 Å². The highest BCUT2D eigenvalue weighted by atomic mass is 15.9. The van der Waals surface area contributed by atoms with Crippen molar-refractivity contribution in [3.8, 4) is 0 Å². The summed E-state index contributed by atoms with van der Waals surface area (Å²) in [6, 6.07) is 0. The van der Waals surface area contributed by atoms with Crippen LogP contribution in [0.15, 0.2) is 24.9 Å². The molecule has 0 bridgehead atoms. The van der Waals surface area contributed by atoms with Crippen LogP contribution in [0.2, 0.25) is 0 Å². The topological polar surface area (TPSA) is 72.4 Å². The Labute approximate surface area is 75.6 Å². The number of hydrogen-bond donors (Lipinski definition) is 1. The molecule has 6 nitrogen and oxygen atoms in total. The second-order valence-electron chi connectivity index (χ2n) is 2.61. The van der Waals surface area contributed by atoms with E-state index in [0.717, 1.165) is 11.4 Å². The second kappa shape index (κ2) is 3.00. The minimum Gasteiger partial charge on any atom is -0.591 e. The molecule has 1 aliphatic rings. The SMILES string of the molecule is Cc1cncnc1N1C=C[N-]N1N. The number of aryl methyl sites for hydroxylation is 1. The van der Waals surface area contributed by atoms with Crippen molar-refractivity contribution >= 4 is 5.82 Å². The third-order valence-corrected chi connectivity index (χ3v) is 1.70. The minimum atomic E-state index is 0.731. The maximum absolute atomic E-state index is 5.55. The Morgan fingerprint density at radius 2 is 2.38 bits per heavy atom. The van der Waals surface area contributed by atoms with E-state index in [1.54, 1.807) is 23.6 Å². The van der Waals surface area contributed by atoms with Gasteiger partial charge in [0.1, 0.15) is 6.33 Å². The van der Waals surface area contributed by atoms with E-state index >= 15 is 0 Å². The van der Waals surface area contributed by atoms with E-state index in [2.05, 4.69) is 15.4 Å². The largest absolute Gasteiger partial charge is 0.591 e. The maximum atomic E-state index is 5.55. The van der Waals surface area contributed by atoms with Crippen molar-refractivity contribution in [1.29, 1.82) is 0 Å². The van der Waals surface area contributed by atoms with Gasteiger partial charge in [0, 0.05) is 18.0 Å². The van der Waals surface area contributed by atoms with Crippen LogP contribution in [0.3, 0.4) is 0 Å². The van der Waals surface area contributed by atoms with Gasteiger partial charge in [0.15, 0.2) is 5.82 Å². The standard InChI is InChI=1S/C7H9N6/c1-6-4-9-5-10-7(6)12-3-2-11-13(12)8/h2-5H,8H2,1H3/q-1. The van der Waals surface area contributed by atoms with Crippen molar-refractivity contribution < 1.29 is 0 Å². The summed E-state index contributed by atoms with van der Waals surface area (Å²) in [6.45, 7) is 1.91. The molecule has 2 N–H and O–H groups in total. The fourth-order valence-corrected chi connectivity index (χ4v) is 1.09. The molecule has 0 aromatic carbocycles. The molecule has 13 heavy (non-hydrogen) atoms. The summed E-state index contributed by atoms with van der Waals surface area (Å²) < 4.78 is 0. The fraction of sp³-hybridized carbons (Fsp3) is 0.143. The molecule has 68 valence electrons. The van der Waals surface area contributed by atoms with Crippen molar-refractivity contribution in [1.82, 2.24) is 15.2 Å². The zero-order valence-electron chi connectivity index (χ0n) is 7.12. The first-order chi connectivity index (χ1) is 6.29. The normalized spacial score (nSPS) is 16.3. The molecule has 0 atom stereocenters. The van der Waals surface area contributed by atoms with Crippen LogP contribution in [-0.2, 0) is 0 Å². The average molecular weight is 177 g/mol. The fourth-order valence-electron chi connectivity index (χ4n) is 1.09. The smallest absolute Gasteiger partial charge is 0.153 e. The lowest BCUT2D eigenvalue weighted by Gasteiger charge is -2.32. The van der Waals surface area contributed by atoms with E-state index in [9.17, 15) is 0 Å². The lowest BCUT2D eigenvalue weighted by molar-refractivity contribution is 0.389. The van der Waals surface area contributed by atoms with Crippen molar-refractivity contribution in [2.45, 2.75) is 6.92 Å². The third-order valence-electron chi connectivity index (χ3n) is 1.70. The van der Waals surface area contributed by atoms with Gasteiger partial charge >= 0.3 is 0 Å². The zero-order valence-corrected chi connectivity index (χ0v) is 7.12. The molecule has 1 aliphatic heterocycles. The van der Waals surface area contributed by atoms with Crippen LogP contribution >= 0.6 is 0 Å². The number of hydrogen-bond acceptors (Lipinski definition) is 5. The molecular weight excluding hydrogens is 168 g/mol. The van der Waals surface area contributed by atoms with E-state index < -0.39 is 0 Å². The third kappa shape index (κ3) is 1.32. The number of nitrogens with two attached hydrogens (primary N) is 1. The second-order valence-corrected chi connectivity index (χ2v) is 2.61. The molecule has 0 aliphatic carbocycles. The summed E-state index contributed by atoms with van der Waals surface area (Å²) in [6.07, 6.45) is 6.53. The maximum Gasteiger partial charge on any atom is 0.153 e. The van der Waals surface area contributed by atoms with E-state index in [1.807, 2.05) is 6.92 Å². The van der Waals surface area contributed by atoms with Crippen molar-refractivity contribution in [2.75, 3.05) is 5.01 Å². The first kappa shape index (κ1) is 7.96. The number of nitrogens with zero attached hydrogens (tertiary/aromatic N) is 5. The van der Waals surface area contributed by atoms with Gasteiger partial charge in [0.25, 0.3) is 0 Å². The molecule has 0 radical (unpaired) electrons. The summed E-state index contributed by atoms with van der Waals surface area (Å²) in [5, 5.41) is 2.85. The number of rotatable bonds is 1. The molecule has 2 heterocycles. The van der Waals surface area contributed by atoms with Crippen LogP contribution in [-0.4, -0.2) is 15.2 Å². The monoisotopic (exact) mass is 177 g/mol. The lowest BCUT2D eigenvalue weighted by Crippen LogP contribution is -2.38. The predicted molar refractivity (Wildman–Crippen MR) is 47.8 cm³/mol. The van der Waals surface area contributed by atoms with Crippen LogP contribution in [0.1, 0.15) is 5.56 Å². The van der Waals surface area contributed by atoms with Gasteiger partial charge in [-0.1, -0.05) is 0 Å². The molecule has 0 saturated carbocycles. The molecule has 0 spiro atoms. The molecule has 0 saturated heterocycles. The lowest BCUT2D eigenvalue weighted by atomic mass is 10.3. The summed E-state index contributed by atoms with van der Waals surface area (Å²) in [7, 11) is 0. The minimum absolute atomic E-state index is 0.731. The first-order valence-corrected chi connectivity index (χ1v) is 3.77. The highest BCUT2D eigenvalue weighted by Crippen LogP contribution is 2.21. The summed E-state index contributed by atoms with van der Waals surface area (Å²) in [5.41, 5.74) is 4.78. The summed E-state index contributed by atoms with van der Waals surface area (Å²) in [5.74, 6) is 6.28. The van der Waals surface area contributed by atoms with Crippen LogP contribution in [0, 0.1) is 6.92 Å². The molecule has 2 rings (SSSR count). The quantitative estimate of drug-likeness (QED) is 0.631. The van der Waals surface area contributed by atoms with Crippen LogP contribution < -0.4 is 10.9 Å². The predicted octanol–water partition coefficient (Wildman–Crippen LogP) is 0.456. The Kier molecular flexibility index (Phi) is 1.84. The van der Waals surface area contributed by atoms with Gasteiger partial charge in [0.2, 0.25) is 0 Å². The average Bonchev–Trinajstić information content (AvgIpc) is 2.52. The van der Waals surface area contributed by atoms with Gasteiger partial charge in [-0.3, -0.25) is 10.9 Å². The van der Waals surface area contributed by atoms with Crippen molar-refractivity contribution in [3.63, 3.8) is 0 Å². The van der Waals surface area contributed by atoms with Gasteiger partial charge in [-0.15, -0.1) is 6.20 Å². The molecule has 6 heteroatoms. The van der Waals surface area contributed by atoms with Gasteiger partial charge in [0.05, 0.1) is 0 Å². The first-order valence-electron chi connectivity index (χ1n) is 3.77. The van der Waals surface area contributed by atoms with Crippen LogP contribution in [0.5, 0.6) is 0 Å². The van der Waals surface area contributed by atoms with Gasteiger partial charge in [-0.2, -0.15) is 0 Å². The zero-order chi connectivity index (χ0) is 9.26. The van der Waals surface area contributed by atoms with E-state index in [1.165, 1.54) is 11.6 Å². The van der Waals surface area contributed by atoms with Crippen LogP contribution in [0.25, 0.3) is 5.43 Å². The highest BCUT2D eigenvalue weighted by molar-refractivity contribution is 5.48. The Hall–Kier alpha value is -1.66. The number of aromatic nitrogens is 2. The van der Waals surface area contributed by atoms with Gasteiger partial charge in [-0.05, 0) is 6.92 Å². The van der Waals surface area contributed by atoms with Gasteiger partial charge in [-0.25, -0.2) is 15.2 Å². The van der Waals surface area contributed by atoms with E-state index in [4.69, 9.17) is 5.84 Å². The molecule has 1 aromatic heterocycles. The Bertz CT molecular complexity index is 336. The Morgan fingerprint density at radius 3 is 3.00 bits per heavy atom. The molecule has 0 unspecified atom stereocenters. The number of hydrazine groups is 2. The Balaban J connectivity index is 2.35. The molecule has 0 fully saturated rings.